The highest BCUT2D eigenvalue weighted by Crippen LogP contribution is 2.40. The van der Waals surface area contributed by atoms with Gasteiger partial charge in [0.05, 0.1) is 17.0 Å². The third kappa shape index (κ3) is 4.03. The second-order valence-electron chi connectivity index (χ2n) is 9.02. The molecule has 1 aliphatic heterocycles. The molecule has 1 aliphatic carbocycles. The van der Waals surface area contributed by atoms with E-state index in [0.717, 1.165) is 37.1 Å². The van der Waals surface area contributed by atoms with E-state index in [9.17, 15) is 4.79 Å². The minimum absolute atomic E-state index is 0.0445. The molecule has 34 heavy (non-hydrogen) atoms. The summed E-state index contributed by atoms with van der Waals surface area (Å²) in [5.41, 5.74) is 7.21. The second kappa shape index (κ2) is 9.31. The lowest BCUT2D eigenvalue weighted by atomic mass is 9.79. The Morgan fingerprint density at radius 2 is 1.91 bits per heavy atom. The fraction of sp³-hybridized carbons (Fsp3) is 0.333. The van der Waals surface area contributed by atoms with Crippen LogP contribution in [0.2, 0.25) is 0 Å². The van der Waals surface area contributed by atoms with Crippen molar-refractivity contribution in [2.75, 3.05) is 26.7 Å². The van der Waals surface area contributed by atoms with Crippen molar-refractivity contribution in [3.05, 3.63) is 65.9 Å². The topological polar surface area (TPSA) is 68.0 Å². The van der Waals surface area contributed by atoms with E-state index in [1.54, 1.807) is 0 Å². The van der Waals surface area contributed by atoms with Crippen LogP contribution in [-0.2, 0) is 11.2 Å². The largest absolute Gasteiger partial charge is 0.361 e. The van der Waals surface area contributed by atoms with E-state index in [4.69, 9.17) is 0 Å². The van der Waals surface area contributed by atoms with Crippen LogP contribution in [0.15, 0.2) is 59.9 Å². The van der Waals surface area contributed by atoms with Gasteiger partial charge in [0.1, 0.15) is 0 Å². The number of aromatic amines is 2. The normalized spacial score (nSPS) is 19.4. The number of para-hydroxylation sites is 2. The number of thiol groups is 1. The number of likely N-dealkylation sites (N-methyl/N-ethyl adjacent to an activating group) is 1. The number of benzene rings is 2. The summed E-state index contributed by atoms with van der Waals surface area (Å²) < 4.78 is 0. The molecule has 0 saturated heterocycles. The first-order chi connectivity index (χ1) is 16.5. The van der Waals surface area contributed by atoms with Gasteiger partial charge < -0.3 is 14.9 Å². The van der Waals surface area contributed by atoms with Crippen LogP contribution in [0.3, 0.4) is 0 Å². The van der Waals surface area contributed by atoms with Gasteiger partial charge in [-0.15, -0.1) is 12.6 Å². The van der Waals surface area contributed by atoms with Gasteiger partial charge in [0.15, 0.2) is 5.16 Å². The first-order valence-electron chi connectivity index (χ1n) is 11.9. The number of hydrogen-bond acceptors (Lipinski definition) is 4. The Morgan fingerprint density at radius 1 is 1.15 bits per heavy atom. The molecule has 176 valence electrons. The number of imidazole rings is 1. The van der Waals surface area contributed by atoms with Gasteiger partial charge in [-0.05, 0) is 62.2 Å². The molecule has 0 saturated carbocycles. The molecule has 0 spiro atoms. The molecule has 2 atom stereocenters. The van der Waals surface area contributed by atoms with Gasteiger partial charge in [-0.3, -0.25) is 9.69 Å². The van der Waals surface area contributed by atoms with Crippen molar-refractivity contribution in [3.63, 3.8) is 0 Å². The maximum atomic E-state index is 12.9. The second-order valence-corrected chi connectivity index (χ2v) is 9.44. The summed E-state index contributed by atoms with van der Waals surface area (Å²) in [6.45, 7) is 6.47. The van der Waals surface area contributed by atoms with E-state index in [1.165, 1.54) is 27.6 Å². The molecule has 6 rings (SSSR count). The molecular formula is C27H31N5OS. The number of aromatic nitrogens is 3. The average molecular weight is 474 g/mol. The zero-order valence-corrected chi connectivity index (χ0v) is 20.8. The number of carbonyl (C=O) groups is 1. The lowest BCUT2D eigenvalue weighted by molar-refractivity contribution is -0.134. The summed E-state index contributed by atoms with van der Waals surface area (Å²) in [6, 6.07) is 14.7. The molecule has 2 N–H and O–H groups in total. The van der Waals surface area contributed by atoms with E-state index in [1.807, 2.05) is 29.2 Å². The van der Waals surface area contributed by atoms with Crippen LogP contribution in [0.4, 0.5) is 0 Å². The summed E-state index contributed by atoms with van der Waals surface area (Å²) in [4.78, 5) is 27.7. The van der Waals surface area contributed by atoms with E-state index in [0.29, 0.717) is 11.2 Å². The summed E-state index contributed by atoms with van der Waals surface area (Å²) in [6.07, 6.45) is 5.41. The van der Waals surface area contributed by atoms with Gasteiger partial charge in [-0.2, -0.15) is 0 Å². The Hall–Kier alpha value is -3.03. The molecule has 4 aromatic rings. The Morgan fingerprint density at radius 3 is 2.68 bits per heavy atom. The summed E-state index contributed by atoms with van der Waals surface area (Å²) >= 11 is 4.08. The first-order valence-corrected chi connectivity index (χ1v) is 12.4. The Balaban J connectivity index is 0.000000200. The number of nitrogens with zero attached hydrogens (tertiary/aromatic N) is 3. The maximum absolute atomic E-state index is 12.9. The molecular weight excluding hydrogens is 442 g/mol. The number of H-pyrrole nitrogens is 2. The van der Waals surface area contributed by atoms with E-state index in [-0.39, 0.29) is 11.8 Å². The summed E-state index contributed by atoms with van der Waals surface area (Å²) in [5, 5.41) is 2.01. The van der Waals surface area contributed by atoms with Crippen LogP contribution in [0.5, 0.6) is 0 Å². The van der Waals surface area contributed by atoms with Gasteiger partial charge in [-0.1, -0.05) is 30.3 Å². The number of amides is 1. The number of fused-ring (bicyclic) bond motifs is 3. The quantitative estimate of drug-likeness (QED) is 0.376. The molecule has 3 heterocycles. The van der Waals surface area contributed by atoms with Crippen molar-refractivity contribution < 1.29 is 4.79 Å². The van der Waals surface area contributed by atoms with E-state index in [2.05, 4.69) is 83.8 Å². The number of hydrogen-bond donors (Lipinski definition) is 3. The number of rotatable bonds is 3. The Bertz CT molecular complexity index is 1330. The smallest absolute Gasteiger partial charge is 0.230 e. The lowest BCUT2D eigenvalue weighted by Crippen LogP contribution is -2.47. The summed E-state index contributed by atoms with van der Waals surface area (Å²) in [7, 11) is 2.15. The van der Waals surface area contributed by atoms with Crippen molar-refractivity contribution in [3.8, 4) is 0 Å². The highest BCUT2D eigenvalue weighted by Gasteiger charge is 2.36. The van der Waals surface area contributed by atoms with Crippen LogP contribution >= 0.6 is 12.6 Å². The number of nitrogens with one attached hydrogen (secondary N) is 2. The third-order valence-electron chi connectivity index (χ3n) is 7.04. The monoisotopic (exact) mass is 473 g/mol. The van der Waals surface area contributed by atoms with Gasteiger partial charge in [-0.25, -0.2) is 4.98 Å². The highest BCUT2D eigenvalue weighted by molar-refractivity contribution is 7.80. The van der Waals surface area contributed by atoms with Crippen LogP contribution in [0, 0.1) is 5.92 Å². The fourth-order valence-corrected chi connectivity index (χ4v) is 5.54. The molecule has 0 unspecified atom stereocenters. The van der Waals surface area contributed by atoms with Crippen LogP contribution in [0.25, 0.3) is 27.5 Å². The molecule has 0 fully saturated rings. The minimum Gasteiger partial charge on any atom is -0.361 e. The van der Waals surface area contributed by atoms with Crippen LogP contribution in [-0.4, -0.2) is 63.4 Å². The highest BCUT2D eigenvalue weighted by atomic mass is 32.1. The van der Waals surface area contributed by atoms with E-state index >= 15 is 0 Å². The zero-order chi connectivity index (χ0) is 23.8. The fourth-order valence-electron chi connectivity index (χ4n) is 5.31. The third-order valence-corrected chi connectivity index (χ3v) is 7.25. The molecule has 0 bridgehead atoms. The Kier molecular flexibility index (Phi) is 6.23. The average Bonchev–Trinajstić information content (AvgIpc) is 3.44. The maximum Gasteiger partial charge on any atom is 0.230 e. The van der Waals surface area contributed by atoms with Gasteiger partial charge in [0.25, 0.3) is 0 Å². The van der Waals surface area contributed by atoms with Crippen molar-refractivity contribution in [1.29, 1.82) is 0 Å². The van der Waals surface area contributed by atoms with Crippen LogP contribution < -0.4 is 0 Å². The molecule has 7 heteroatoms. The van der Waals surface area contributed by atoms with Crippen molar-refractivity contribution >= 4 is 46.0 Å². The molecule has 2 aromatic heterocycles. The molecule has 1 amide bonds. The summed E-state index contributed by atoms with van der Waals surface area (Å²) in [5.74, 6) is 0.210. The number of carbonyl (C=O) groups excluding carboxylic acids is 1. The van der Waals surface area contributed by atoms with Gasteiger partial charge in [0.2, 0.25) is 5.91 Å². The van der Waals surface area contributed by atoms with Crippen molar-refractivity contribution in [2.24, 2.45) is 5.92 Å². The van der Waals surface area contributed by atoms with Gasteiger partial charge in [0, 0.05) is 42.8 Å². The predicted octanol–water partition coefficient (Wildman–Crippen LogP) is 4.76. The van der Waals surface area contributed by atoms with Crippen molar-refractivity contribution in [2.45, 2.75) is 31.5 Å². The Labute approximate surface area is 205 Å². The standard InChI is InChI=1S/C20H25N3O.C7H6N2S/c1-4-23(5-2)20(24)14-9-16-15-7-6-8-17-19(15)13(11-21-17)10-18(16)22(3)12-14;10-7-8-5-3-1-2-4-6(5)9-7/h6-9,11,14,18,21H,4-5,10,12H2,1-3H3;1-4H,(H2,8,9,10)/t14-,18-;/m1./s1. The minimum atomic E-state index is -0.0445. The predicted molar refractivity (Wildman–Crippen MR) is 141 cm³/mol. The molecule has 0 radical (unpaired) electrons. The zero-order valence-electron chi connectivity index (χ0n) is 19.9. The SMILES string of the molecule is CCN(CC)C(=O)[C@@H]1C=C2c3cccc4[nH]cc(c34)C[C@H]2N(C)C1.Sc1nc2ccccc2[nH]1. The van der Waals surface area contributed by atoms with E-state index < -0.39 is 0 Å². The first kappa shape index (κ1) is 22.7. The lowest BCUT2D eigenvalue weighted by Gasteiger charge is -2.40. The van der Waals surface area contributed by atoms with Crippen molar-refractivity contribution in [1.82, 2.24) is 24.8 Å². The van der Waals surface area contributed by atoms with Crippen LogP contribution in [0.1, 0.15) is 25.0 Å². The van der Waals surface area contributed by atoms with Gasteiger partial charge >= 0.3 is 0 Å². The molecule has 2 aromatic carbocycles. The molecule has 6 nitrogen and oxygen atoms in total. The molecule has 2 aliphatic rings.